The standard InChI is InChI=1S/C19H32N2O2S/c1-6-7-9-14-17(22)15(2)18(16-12-10-8-11-13-16)20-24(23)21-19(3,4)5/h8,10-13,15,18,20-21H,6-7,9,14H2,1-5H3/t15-,18-,24?/m0/s1. The quantitative estimate of drug-likeness (QED) is 0.624. The van der Waals surface area contributed by atoms with Gasteiger partial charge in [-0.2, -0.15) is 0 Å². The number of rotatable bonds is 10. The lowest BCUT2D eigenvalue weighted by Gasteiger charge is -2.27. The van der Waals surface area contributed by atoms with Crippen LogP contribution in [0.15, 0.2) is 30.3 Å². The van der Waals surface area contributed by atoms with Gasteiger partial charge in [0.25, 0.3) is 0 Å². The maximum atomic E-state index is 12.5. The third-order valence-corrected chi connectivity index (χ3v) is 5.09. The van der Waals surface area contributed by atoms with E-state index in [9.17, 15) is 9.00 Å². The van der Waals surface area contributed by atoms with Crippen LogP contribution in [-0.4, -0.2) is 15.5 Å². The Kier molecular flexibility index (Phi) is 8.81. The van der Waals surface area contributed by atoms with Gasteiger partial charge in [-0.15, -0.1) is 0 Å². The first-order valence-corrected chi connectivity index (χ1v) is 9.93. The van der Waals surface area contributed by atoms with Crippen LogP contribution >= 0.6 is 0 Å². The van der Waals surface area contributed by atoms with E-state index < -0.39 is 11.2 Å². The van der Waals surface area contributed by atoms with Crippen LogP contribution in [0.4, 0.5) is 0 Å². The Balaban J connectivity index is 2.86. The number of carbonyl (C=O) groups is 1. The minimum absolute atomic E-state index is 0.220. The minimum atomic E-state index is -1.42. The summed E-state index contributed by atoms with van der Waals surface area (Å²) in [6.07, 6.45) is 3.67. The molecule has 136 valence electrons. The molecular weight excluding hydrogens is 320 g/mol. The van der Waals surface area contributed by atoms with Crippen LogP contribution in [0.3, 0.4) is 0 Å². The van der Waals surface area contributed by atoms with E-state index in [1.54, 1.807) is 0 Å². The molecule has 0 saturated heterocycles. The summed E-state index contributed by atoms with van der Waals surface area (Å²) >= 11 is -1.42. The van der Waals surface area contributed by atoms with E-state index in [2.05, 4.69) is 16.4 Å². The van der Waals surface area contributed by atoms with E-state index in [0.29, 0.717) is 6.42 Å². The molecule has 24 heavy (non-hydrogen) atoms. The zero-order chi connectivity index (χ0) is 18.2. The van der Waals surface area contributed by atoms with E-state index in [4.69, 9.17) is 0 Å². The van der Waals surface area contributed by atoms with E-state index in [0.717, 1.165) is 24.8 Å². The van der Waals surface area contributed by atoms with Gasteiger partial charge in [0.05, 0.1) is 6.04 Å². The molecule has 2 N–H and O–H groups in total. The van der Waals surface area contributed by atoms with Crippen LogP contribution in [-0.2, 0) is 16.0 Å². The lowest BCUT2D eigenvalue weighted by Crippen LogP contribution is -2.45. The van der Waals surface area contributed by atoms with Gasteiger partial charge in [-0.3, -0.25) is 4.79 Å². The maximum absolute atomic E-state index is 12.5. The molecule has 1 aromatic carbocycles. The van der Waals surface area contributed by atoms with E-state index in [1.807, 2.05) is 58.0 Å². The summed E-state index contributed by atoms with van der Waals surface area (Å²) in [7, 11) is 0. The predicted molar refractivity (Wildman–Crippen MR) is 102 cm³/mol. The van der Waals surface area contributed by atoms with E-state index >= 15 is 0 Å². The molecule has 4 nitrogen and oxygen atoms in total. The molecule has 3 atom stereocenters. The Morgan fingerprint density at radius 2 is 1.79 bits per heavy atom. The Labute approximate surface area is 149 Å². The number of ketones is 1. The molecule has 0 aliphatic heterocycles. The van der Waals surface area contributed by atoms with Crippen molar-refractivity contribution in [3.8, 4) is 0 Å². The first-order chi connectivity index (χ1) is 11.2. The number of nitrogens with one attached hydrogen (secondary N) is 2. The molecule has 1 aromatic rings. The number of benzene rings is 1. The minimum Gasteiger partial charge on any atom is -0.299 e. The Hall–Kier alpha value is -1.04. The highest BCUT2D eigenvalue weighted by molar-refractivity contribution is 7.81. The number of Topliss-reactive ketones (excluding diaryl/α,β-unsaturated/α-hetero) is 1. The van der Waals surface area contributed by atoms with Gasteiger partial charge in [0.15, 0.2) is 11.2 Å². The Bertz CT molecular complexity index is 526. The Morgan fingerprint density at radius 3 is 2.33 bits per heavy atom. The van der Waals surface area contributed by atoms with Crippen molar-refractivity contribution in [2.24, 2.45) is 5.92 Å². The van der Waals surface area contributed by atoms with Crippen molar-refractivity contribution in [2.45, 2.75) is 71.9 Å². The lowest BCUT2D eigenvalue weighted by molar-refractivity contribution is -0.123. The Morgan fingerprint density at radius 1 is 1.17 bits per heavy atom. The molecule has 0 spiro atoms. The zero-order valence-electron chi connectivity index (χ0n) is 15.6. The van der Waals surface area contributed by atoms with Crippen LogP contribution in [0.1, 0.15) is 71.9 Å². The second-order valence-electron chi connectivity index (χ2n) is 7.34. The molecule has 0 amide bonds. The van der Waals surface area contributed by atoms with Crippen molar-refractivity contribution in [1.82, 2.24) is 9.44 Å². The molecule has 1 unspecified atom stereocenters. The molecule has 0 radical (unpaired) electrons. The molecule has 0 aromatic heterocycles. The van der Waals surface area contributed by atoms with Crippen LogP contribution in [0.25, 0.3) is 0 Å². The second-order valence-corrected chi connectivity index (χ2v) is 8.32. The summed E-state index contributed by atoms with van der Waals surface area (Å²) in [4.78, 5) is 12.5. The number of carbonyl (C=O) groups excluding carboxylic acids is 1. The third kappa shape index (κ3) is 7.69. The molecule has 0 aliphatic rings. The molecule has 0 fully saturated rings. The summed E-state index contributed by atoms with van der Waals surface area (Å²) in [5, 5.41) is 0. The number of hydrogen-bond acceptors (Lipinski definition) is 2. The lowest BCUT2D eigenvalue weighted by atomic mass is 9.89. The first-order valence-electron chi connectivity index (χ1n) is 8.78. The third-order valence-electron chi connectivity index (χ3n) is 3.83. The van der Waals surface area contributed by atoms with Crippen molar-refractivity contribution in [3.05, 3.63) is 35.9 Å². The van der Waals surface area contributed by atoms with Crippen LogP contribution < -0.4 is 9.44 Å². The summed E-state index contributed by atoms with van der Waals surface area (Å²) in [6, 6.07) is 9.51. The average molecular weight is 353 g/mol. The van der Waals surface area contributed by atoms with Crippen molar-refractivity contribution in [1.29, 1.82) is 0 Å². The fraction of sp³-hybridized carbons (Fsp3) is 0.632. The maximum Gasteiger partial charge on any atom is 0.168 e. The van der Waals surface area contributed by atoms with Crippen LogP contribution in [0, 0.1) is 5.92 Å². The highest BCUT2D eigenvalue weighted by Crippen LogP contribution is 2.25. The summed E-state index contributed by atoms with van der Waals surface area (Å²) < 4.78 is 18.5. The SMILES string of the molecule is CCCCCC(=O)[C@H](C)[C@H](NS(=O)NC(C)(C)C)c1ccccc1. The van der Waals surface area contributed by atoms with Crippen LogP contribution in [0.5, 0.6) is 0 Å². The molecule has 0 aliphatic carbocycles. The topological polar surface area (TPSA) is 58.2 Å². The highest BCUT2D eigenvalue weighted by Gasteiger charge is 2.27. The zero-order valence-corrected chi connectivity index (χ0v) is 16.4. The molecule has 1 rings (SSSR count). The van der Waals surface area contributed by atoms with Gasteiger partial charge in [-0.05, 0) is 32.8 Å². The summed E-state index contributed by atoms with van der Waals surface area (Å²) in [5.41, 5.74) is 0.714. The monoisotopic (exact) mass is 352 g/mol. The number of hydrogen-bond donors (Lipinski definition) is 2. The fourth-order valence-electron chi connectivity index (χ4n) is 2.50. The highest BCUT2D eigenvalue weighted by atomic mass is 32.2. The smallest absolute Gasteiger partial charge is 0.168 e. The van der Waals surface area contributed by atoms with Crippen molar-refractivity contribution in [2.75, 3.05) is 0 Å². The molecule has 0 heterocycles. The van der Waals surface area contributed by atoms with Gasteiger partial charge >= 0.3 is 0 Å². The van der Waals surface area contributed by atoms with Crippen LogP contribution in [0.2, 0.25) is 0 Å². The van der Waals surface area contributed by atoms with Crippen molar-refractivity contribution in [3.63, 3.8) is 0 Å². The summed E-state index contributed by atoms with van der Waals surface area (Å²) in [5.74, 6) is -0.00691. The van der Waals surface area contributed by atoms with Gasteiger partial charge in [0.1, 0.15) is 5.78 Å². The van der Waals surface area contributed by atoms with Gasteiger partial charge in [-0.1, -0.05) is 57.0 Å². The van der Waals surface area contributed by atoms with E-state index in [-0.39, 0.29) is 23.3 Å². The molecule has 5 heteroatoms. The van der Waals surface area contributed by atoms with Crippen molar-refractivity contribution < 1.29 is 9.00 Å². The normalized spacial score (nSPS) is 15.7. The van der Waals surface area contributed by atoms with Gasteiger partial charge < -0.3 is 0 Å². The molecule has 0 saturated carbocycles. The van der Waals surface area contributed by atoms with Crippen molar-refractivity contribution >= 4 is 17.0 Å². The first kappa shape index (κ1) is 21.0. The molecule has 0 bridgehead atoms. The average Bonchev–Trinajstić information content (AvgIpc) is 2.51. The summed E-state index contributed by atoms with van der Waals surface area (Å²) in [6.45, 7) is 9.94. The predicted octanol–water partition coefficient (Wildman–Crippen LogP) is 4.07. The van der Waals surface area contributed by atoms with Gasteiger partial charge in [-0.25, -0.2) is 13.7 Å². The van der Waals surface area contributed by atoms with Gasteiger partial charge in [0.2, 0.25) is 0 Å². The largest absolute Gasteiger partial charge is 0.299 e. The molecular formula is C19H32N2O2S. The second kappa shape index (κ2) is 10.1. The fourth-order valence-corrected chi connectivity index (χ4v) is 3.69. The van der Waals surface area contributed by atoms with Gasteiger partial charge in [0, 0.05) is 17.9 Å². The number of unbranched alkanes of at least 4 members (excludes halogenated alkanes) is 2. The van der Waals surface area contributed by atoms with E-state index in [1.165, 1.54) is 0 Å².